The van der Waals surface area contributed by atoms with E-state index in [0.717, 1.165) is 5.57 Å². The van der Waals surface area contributed by atoms with Crippen LogP contribution >= 0.6 is 0 Å². The molecule has 0 spiro atoms. The molecule has 0 amide bonds. The van der Waals surface area contributed by atoms with Crippen molar-refractivity contribution in [1.82, 2.24) is 0 Å². The molecule has 0 heterocycles. The van der Waals surface area contributed by atoms with E-state index in [4.69, 9.17) is 5.11 Å². The number of aliphatic hydroxyl groups excluding tert-OH is 1. The molecule has 0 saturated heterocycles. The minimum Gasteiger partial charge on any atom is -0.389 e. The number of aliphatic hydroxyl groups is 1. The highest BCUT2D eigenvalue weighted by molar-refractivity contribution is 5.40. The van der Waals surface area contributed by atoms with Crippen molar-refractivity contribution >= 4 is 0 Å². The maximum atomic E-state index is 9.02. The molecule has 1 rings (SSSR count). The number of rotatable bonds is 0. The molecule has 0 aromatic carbocycles. The summed E-state index contributed by atoms with van der Waals surface area (Å²) in [5, 5.41) is 9.02. The number of hydrogen-bond acceptors (Lipinski definition) is 1. The highest BCUT2D eigenvalue weighted by Gasteiger charge is 2.01. The average molecular weight is 134 g/mol. The number of hydrogen-bond donors (Lipinski definition) is 1. The van der Waals surface area contributed by atoms with Crippen molar-refractivity contribution < 1.29 is 5.11 Å². The van der Waals surface area contributed by atoms with Crippen molar-refractivity contribution in [2.45, 2.75) is 19.4 Å². The first-order valence-corrected chi connectivity index (χ1v) is 3.32. The molecule has 0 fully saturated rings. The summed E-state index contributed by atoms with van der Waals surface area (Å²) >= 11 is 0. The van der Waals surface area contributed by atoms with Crippen LogP contribution in [0.15, 0.2) is 23.8 Å². The monoisotopic (exact) mass is 134 g/mol. The second-order valence-electron chi connectivity index (χ2n) is 2.20. The van der Waals surface area contributed by atoms with Gasteiger partial charge in [-0.05, 0) is 19.4 Å². The molecule has 1 N–H and O–H groups in total. The van der Waals surface area contributed by atoms with Crippen molar-refractivity contribution in [3.05, 3.63) is 23.8 Å². The Bertz CT molecular complexity index is 225. The smallest absolute Gasteiger partial charge is 0.0759 e. The molecule has 0 bridgehead atoms. The fourth-order valence-electron chi connectivity index (χ4n) is 0.846. The van der Waals surface area contributed by atoms with Crippen molar-refractivity contribution in [1.29, 1.82) is 0 Å². The first-order valence-electron chi connectivity index (χ1n) is 3.32. The van der Waals surface area contributed by atoms with E-state index < -0.39 is 0 Å². The van der Waals surface area contributed by atoms with E-state index in [1.54, 1.807) is 13.0 Å². The highest BCUT2D eigenvalue weighted by atomic mass is 16.3. The molecule has 0 saturated carbocycles. The zero-order valence-corrected chi connectivity index (χ0v) is 5.96. The molecule has 1 unspecified atom stereocenters. The minimum absolute atomic E-state index is 0.303. The summed E-state index contributed by atoms with van der Waals surface area (Å²) in [4.78, 5) is 0. The van der Waals surface area contributed by atoms with Crippen molar-refractivity contribution in [2.24, 2.45) is 0 Å². The lowest BCUT2D eigenvalue weighted by atomic mass is 10.1. The SMILES string of the molecule is CC#CC1=CCC(O)C=C1. The summed E-state index contributed by atoms with van der Waals surface area (Å²) in [6.07, 6.45) is 5.95. The van der Waals surface area contributed by atoms with E-state index in [0.29, 0.717) is 6.42 Å². The fraction of sp³-hybridized carbons (Fsp3) is 0.333. The molecule has 0 radical (unpaired) electrons. The van der Waals surface area contributed by atoms with Crippen LogP contribution < -0.4 is 0 Å². The van der Waals surface area contributed by atoms with Gasteiger partial charge in [0, 0.05) is 5.57 Å². The molecule has 0 aromatic heterocycles. The van der Waals surface area contributed by atoms with Gasteiger partial charge in [-0.15, -0.1) is 5.92 Å². The van der Waals surface area contributed by atoms with Gasteiger partial charge in [-0.1, -0.05) is 18.1 Å². The zero-order valence-electron chi connectivity index (χ0n) is 5.96. The van der Waals surface area contributed by atoms with Gasteiger partial charge in [-0.2, -0.15) is 0 Å². The topological polar surface area (TPSA) is 20.2 Å². The maximum absolute atomic E-state index is 9.02. The van der Waals surface area contributed by atoms with E-state index in [2.05, 4.69) is 11.8 Å². The van der Waals surface area contributed by atoms with E-state index in [9.17, 15) is 0 Å². The average Bonchev–Trinajstić information content (AvgIpc) is 1.95. The Morgan fingerprint density at radius 3 is 3.00 bits per heavy atom. The van der Waals surface area contributed by atoms with E-state index >= 15 is 0 Å². The van der Waals surface area contributed by atoms with E-state index in [1.165, 1.54) is 0 Å². The van der Waals surface area contributed by atoms with Gasteiger partial charge in [0.1, 0.15) is 0 Å². The standard InChI is InChI=1S/C9H10O/c1-2-3-8-4-6-9(10)7-5-8/h4-6,9-10H,7H2,1H3. The van der Waals surface area contributed by atoms with Gasteiger partial charge in [0.25, 0.3) is 0 Å². The van der Waals surface area contributed by atoms with Gasteiger partial charge in [0.05, 0.1) is 6.10 Å². The Morgan fingerprint density at radius 2 is 2.50 bits per heavy atom. The molecule has 1 atom stereocenters. The first-order chi connectivity index (χ1) is 4.83. The summed E-state index contributed by atoms with van der Waals surface area (Å²) in [7, 11) is 0. The van der Waals surface area contributed by atoms with Crippen LogP contribution in [0.2, 0.25) is 0 Å². The molecule has 1 aliphatic rings. The van der Waals surface area contributed by atoms with Gasteiger partial charge < -0.3 is 5.11 Å². The van der Waals surface area contributed by atoms with Gasteiger partial charge >= 0.3 is 0 Å². The fourth-order valence-corrected chi connectivity index (χ4v) is 0.846. The largest absolute Gasteiger partial charge is 0.389 e. The Labute approximate surface area is 61.1 Å². The lowest BCUT2D eigenvalue weighted by Gasteiger charge is -2.05. The van der Waals surface area contributed by atoms with Crippen LogP contribution in [-0.4, -0.2) is 11.2 Å². The molecule has 1 heteroatoms. The van der Waals surface area contributed by atoms with Crippen LogP contribution in [0, 0.1) is 11.8 Å². The van der Waals surface area contributed by atoms with Gasteiger partial charge in [0.15, 0.2) is 0 Å². The van der Waals surface area contributed by atoms with Gasteiger partial charge in [0.2, 0.25) is 0 Å². The summed E-state index contributed by atoms with van der Waals surface area (Å²) in [6.45, 7) is 1.81. The Balaban J connectivity index is 2.64. The third-order valence-electron chi connectivity index (χ3n) is 1.35. The molecular weight excluding hydrogens is 124 g/mol. The summed E-state index contributed by atoms with van der Waals surface area (Å²) < 4.78 is 0. The summed E-state index contributed by atoms with van der Waals surface area (Å²) in [5.74, 6) is 5.72. The molecule has 1 aliphatic carbocycles. The lowest BCUT2D eigenvalue weighted by Crippen LogP contribution is -2.03. The second kappa shape index (κ2) is 3.24. The Morgan fingerprint density at radius 1 is 1.70 bits per heavy atom. The van der Waals surface area contributed by atoms with Crippen LogP contribution in [0.4, 0.5) is 0 Å². The lowest BCUT2D eigenvalue weighted by molar-refractivity contribution is 0.225. The van der Waals surface area contributed by atoms with E-state index in [-0.39, 0.29) is 6.10 Å². The Kier molecular flexibility index (Phi) is 2.30. The zero-order chi connectivity index (χ0) is 7.40. The quantitative estimate of drug-likeness (QED) is 0.494. The molecule has 10 heavy (non-hydrogen) atoms. The summed E-state index contributed by atoms with van der Waals surface area (Å²) in [5.41, 5.74) is 1.01. The minimum atomic E-state index is -0.303. The summed E-state index contributed by atoms with van der Waals surface area (Å²) in [6, 6.07) is 0. The van der Waals surface area contributed by atoms with Crippen LogP contribution in [-0.2, 0) is 0 Å². The predicted octanol–water partition coefficient (Wildman–Crippen LogP) is 1.26. The molecule has 1 nitrogen and oxygen atoms in total. The normalized spacial score (nSPS) is 23.0. The second-order valence-corrected chi connectivity index (χ2v) is 2.20. The molecule has 52 valence electrons. The molecule has 0 aromatic rings. The number of allylic oxidation sites excluding steroid dienone is 2. The molecular formula is C9H10O. The van der Waals surface area contributed by atoms with Crippen molar-refractivity contribution in [3.63, 3.8) is 0 Å². The van der Waals surface area contributed by atoms with E-state index in [1.807, 2.05) is 12.2 Å². The van der Waals surface area contributed by atoms with Crippen molar-refractivity contribution in [3.8, 4) is 11.8 Å². The van der Waals surface area contributed by atoms with Crippen LogP contribution in [0.25, 0.3) is 0 Å². The highest BCUT2D eigenvalue weighted by Crippen LogP contribution is 2.08. The van der Waals surface area contributed by atoms with Gasteiger partial charge in [-0.3, -0.25) is 0 Å². The van der Waals surface area contributed by atoms with Crippen LogP contribution in [0.1, 0.15) is 13.3 Å². The third kappa shape index (κ3) is 1.75. The van der Waals surface area contributed by atoms with Gasteiger partial charge in [-0.25, -0.2) is 0 Å². The maximum Gasteiger partial charge on any atom is 0.0759 e. The third-order valence-corrected chi connectivity index (χ3v) is 1.35. The predicted molar refractivity (Wildman–Crippen MR) is 41.3 cm³/mol. The Hall–Kier alpha value is -1.00. The van der Waals surface area contributed by atoms with Crippen LogP contribution in [0.3, 0.4) is 0 Å². The molecule has 0 aliphatic heterocycles. The first kappa shape index (κ1) is 7.11. The van der Waals surface area contributed by atoms with Crippen molar-refractivity contribution in [2.75, 3.05) is 0 Å². The van der Waals surface area contributed by atoms with Crippen LogP contribution in [0.5, 0.6) is 0 Å².